The molecule has 0 saturated heterocycles. The molecule has 0 saturated carbocycles. The Morgan fingerprint density at radius 3 is 2.89 bits per heavy atom. The van der Waals surface area contributed by atoms with Gasteiger partial charge in [-0.05, 0) is 17.5 Å². The topological polar surface area (TPSA) is 37.4 Å². The SMILES string of the molecule is O=CC(=O)C1c2ccccc2CN1CC(Br)CCBr. The Hall–Kier alpha value is -0.520. The number of carbonyl (C=O) groups is 2. The van der Waals surface area contributed by atoms with Crippen molar-refractivity contribution in [1.82, 2.24) is 4.90 Å². The van der Waals surface area contributed by atoms with E-state index in [1.54, 1.807) is 0 Å². The molecule has 0 amide bonds. The molecule has 1 aromatic rings. The number of carbonyl (C=O) groups excluding carboxylic acids is 2. The van der Waals surface area contributed by atoms with Gasteiger partial charge in [-0.2, -0.15) is 0 Å². The second-order valence-electron chi connectivity index (χ2n) is 4.63. The van der Waals surface area contributed by atoms with Crippen molar-refractivity contribution in [3.05, 3.63) is 35.4 Å². The third-order valence-electron chi connectivity index (χ3n) is 3.33. The van der Waals surface area contributed by atoms with Crippen LogP contribution in [0, 0.1) is 0 Å². The third-order valence-corrected chi connectivity index (χ3v) is 4.53. The van der Waals surface area contributed by atoms with E-state index in [-0.39, 0.29) is 5.78 Å². The lowest BCUT2D eigenvalue weighted by atomic mass is 10.0. The second-order valence-corrected chi connectivity index (χ2v) is 6.71. The highest BCUT2D eigenvalue weighted by atomic mass is 79.9. The normalized spacial score (nSPS) is 20.0. The van der Waals surface area contributed by atoms with Crippen LogP contribution in [0.25, 0.3) is 0 Å². The molecule has 3 nitrogen and oxygen atoms in total. The number of ketones is 1. The molecule has 2 unspecified atom stereocenters. The first-order valence-corrected chi connectivity index (χ1v) is 8.22. The smallest absolute Gasteiger partial charge is 0.216 e. The van der Waals surface area contributed by atoms with Gasteiger partial charge in [0.2, 0.25) is 5.78 Å². The van der Waals surface area contributed by atoms with E-state index in [1.807, 2.05) is 24.3 Å². The molecule has 0 aliphatic carbocycles. The van der Waals surface area contributed by atoms with E-state index in [2.05, 4.69) is 36.8 Å². The molecule has 0 radical (unpaired) electrons. The van der Waals surface area contributed by atoms with Gasteiger partial charge in [0.05, 0.1) is 0 Å². The number of alkyl halides is 2. The van der Waals surface area contributed by atoms with Gasteiger partial charge in [0, 0.05) is 23.2 Å². The van der Waals surface area contributed by atoms with Gasteiger partial charge in [-0.25, -0.2) is 0 Å². The number of aldehydes is 1. The number of hydrogen-bond acceptors (Lipinski definition) is 3. The zero-order valence-electron chi connectivity index (χ0n) is 10.4. The fourth-order valence-electron chi connectivity index (χ4n) is 2.48. The number of halogens is 2. The van der Waals surface area contributed by atoms with Gasteiger partial charge in [-0.1, -0.05) is 56.1 Å². The standard InChI is InChI=1S/C14H15Br2NO2/c15-6-5-11(16)8-17-7-10-3-1-2-4-12(10)14(17)13(19)9-18/h1-4,9,11,14H,5-8H2. The average Bonchev–Trinajstić information content (AvgIpc) is 2.75. The highest BCUT2D eigenvalue weighted by molar-refractivity contribution is 9.10. The summed E-state index contributed by atoms with van der Waals surface area (Å²) in [6.45, 7) is 1.48. The Morgan fingerprint density at radius 2 is 2.21 bits per heavy atom. The van der Waals surface area contributed by atoms with Crippen LogP contribution in [0.1, 0.15) is 23.6 Å². The van der Waals surface area contributed by atoms with Crippen molar-refractivity contribution in [3.8, 4) is 0 Å². The van der Waals surface area contributed by atoms with Crippen LogP contribution < -0.4 is 0 Å². The molecule has 2 rings (SSSR count). The molecule has 0 spiro atoms. The molecule has 5 heteroatoms. The maximum Gasteiger partial charge on any atom is 0.216 e. The molecule has 0 fully saturated rings. The Morgan fingerprint density at radius 1 is 1.47 bits per heavy atom. The summed E-state index contributed by atoms with van der Waals surface area (Å²) < 4.78 is 0. The number of Topliss-reactive ketones (excluding diaryl/α,β-unsaturated/α-hetero) is 1. The van der Waals surface area contributed by atoms with Crippen molar-refractivity contribution in [1.29, 1.82) is 0 Å². The number of benzene rings is 1. The molecule has 0 bridgehead atoms. The van der Waals surface area contributed by atoms with Crippen molar-refractivity contribution >= 4 is 43.9 Å². The molecule has 1 heterocycles. The summed E-state index contributed by atoms with van der Waals surface area (Å²) in [5.74, 6) is -0.358. The van der Waals surface area contributed by atoms with E-state index in [0.717, 1.165) is 36.0 Å². The number of fused-ring (bicyclic) bond motifs is 1. The Labute approximate surface area is 129 Å². The summed E-state index contributed by atoms with van der Waals surface area (Å²) in [6.07, 6.45) is 1.42. The van der Waals surface area contributed by atoms with E-state index in [1.165, 1.54) is 0 Å². The van der Waals surface area contributed by atoms with Crippen LogP contribution in [0.15, 0.2) is 24.3 Å². The fourth-order valence-corrected chi connectivity index (χ4v) is 4.25. The maximum atomic E-state index is 11.9. The highest BCUT2D eigenvalue weighted by Crippen LogP contribution is 2.34. The molecular formula is C14H15Br2NO2. The minimum atomic E-state index is -0.413. The van der Waals surface area contributed by atoms with E-state index in [9.17, 15) is 9.59 Å². The van der Waals surface area contributed by atoms with E-state index in [4.69, 9.17) is 0 Å². The third kappa shape index (κ3) is 3.33. The molecule has 2 atom stereocenters. The predicted molar refractivity (Wildman–Crippen MR) is 81.8 cm³/mol. The van der Waals surface area contributed by atoms with Crippen molar-refractivity contribution in [2.45, 2.75) is 23.8 Å². The van der Waals surface area contributed by atoms with Gasteiger partial charge in [-0.3, -0.25) is 14.5 Å². The average molecular weight is 389 g/mol. The van der Waals surface area contributed by atoms with Crippen molar-refractivity contribution in [2.24, 2.45) is 0 Å². The van der Waals surface area contributed by atoms with Crippen LogP contribution >= 0.6 is 31.9 Å². The molecular weight excluding hydrogens is 374 g/mol. The molecule has 0 aromatic heterocycles. The summed E-state index contributed by atoms with van der Waals surface area (Å²) in [6, 6.07) is 7.43. The van der Waals surface area contributed by atoms with Crippen LogP contribution in [-0.4, -0.2) is 33.7 Å². The lowest BCUT2D eigenvalue weighted by Crippen LogP contribution is -2.33. The number of hydrogen-bond donors (Lipinski definition) is 0. The predicted octanol–water partition coefficient (Wildman–Crippen LogP) is 2.86. The van der Waals surface area contributed by atoms with Gasteiger partial charge < -0.3 is 0 Å². The molecule has 19 heavy (non-hydrogen) atoms. The van der Waals surface area contributed by atoms with Gasteiger partial charge in [0.25, 0.3) is 0 Å². The van der Waals surface area contributed by atoms with Crippen molar-refractivity contribution in [3.63, 3.8) is 0 Å². The van der Waals surface area contributed by atoms with E-state index >= 15 is 0 Å². The quantitative estimate of drug-likeness (QED) is 0.427. The highest BCUT2D eigenvalue weighted by Gasteiger charge is 2.35. The van der Waals surface area contributed by atoms with Gasteiger partial charge in [0.15, 0.2) is 6.29 Å². The van der Waals surface area contributed by atoms with E-state index in [0.29, 0.717) is 11.1 Å². The monoisotopic (exact) mass is 387 g/mol. The first kappa shape index (κ1) is 14.9. The van der Waals surface area contributed by atoms with Crippen LogP contribution in [0.3, 0.4) is 0 Å². The summed E-state index contributed by atoms with van der Waals surface area (Å²) in [5.41, 5.74) is 2.11. The molecule has 0 N–H and O–H groups in total. The second kappa shape index (κ2) is 6.77. The molecule has 1 aliphatic heterocycles. The summed E-state index contributed by atoms with van der Waals surface area (Å²) in [5, 5.41) is 0.913. The molecule has 1 aromatic carbocycles. The Balaban J connectivity index is 2.21. The number of rotatable bonds is 6. The fraction of sp³-hybridized carbons (Fsp3) is 0.429. The van der Waals surface area contributed by atoms with Crippen LogP contribution in [0.2, 0.25) is 0 Å². The lowest BCUT2D eigenvalue weighted by Gasteiger charge is -2.24. The first-order chi connectivity index (χ1) is 9.17. The largest absolute Gasteiger partial charge is 0.295 e. The zero-order valence-corrected chi connectivity index (χ0v) is 13.6. The first-order valence-electron chi connectivity index (χ1n) is 6.18. The maximum absolute atomic E-state index is 11.9. The van der Waals surface area contributed by atoms with E-state index < -0.39 is 6.04 Å². The lowest BCUT2D eigenvalue weighted by molar-refractivity contribution is -0.133. The minimum absolute atomic E-state index is 0.308. The van der Waals surface area contributed by atoms with Crippen LogP contribution in [0.4, 0.5) is 0 Å². The summed E-state index contributed by atoms with van der Waals surface area (Å²) in [4.78, 5) is 25.1. The Kier molecular flexibility index (Phi) is 5.30. The zero-order chi connectivity index (χ0) is 13.8. The van der Waals surface area contributed by atoms with Gasteiger partial charge in [0.1, 0.15) is 6.04 Å². The Bertz CT molecular complexity index is 478. The number of nitrogens with zero attached hydrogens (tertiary/aromatic N) is 1. The van der Waals surface area contributed by atoms with Crippen molar-refractivity contribution < 1.29 is 9.59 Å². The molecule has 102 valence electrons. The van der Waals surface area contributed by atoms with Crippen molar-refractivity contribution in [2.75, 3.05) is 11.9 Å². The summed E-state index contributed by atoms with van der Waals surface area (Å²) in [7, 11) is 0. The van der Waals surface area contributed by atoms with Gasteiger partial charge >= 0.3 is 0 Å². The summed E-state index contributed by atoms with van der Waals surface area (Å²) >= 11 is 7.03. The van der Waals surface area contributed by atoms with Crippen LogP contribution in [0.5, 0.6) is 0 Å². The van der Waals surface area contributed by atoms with Gasteiger partial charge in [-0.15, -0.1) is 0 Å². The minimum Gasteiger partial charge on any atom is -0.295 e. The molecule has 1 aliphatic rings. The van der Waals surface area contributed by atoms with Crippen LogP contribution in [-0.2, 0) is 16.1 Å².